The number of amides is 1. The van der Waals surface area contributed by atoms with Crippen LogP contribution in [-0.4, -0.2) is 53.3 Å². The molecule has 2 aromatic carbocycles. The van der Waals surface area contributed by atoms with Gasteiger partial charge >= 0.3 is 0 Å². The zero-order valence-corrected chi connectivity index (χ0v) is 20.5. The van der Waals surface area contributed by atoms with Crippen molar-refractivity contribution in [1.82, 2.24) is 9.03 Å². The van der Waals surface area contributed by atoms with Crippen molar-refractivity contribution in [2.45, 2.75) is 48.9 Å². The number of benzene rings is 2. The maximum atomic E-state index is 12.9. The lowest BCUT2D eigenvalue weighted by atomic mass is 10.2. The van der Waals surface area contributed by atoms with Crippen molar-refractivity contribution in [3.63, 3.8) is 0 Å². The SMILES string of the molecule is COc1ccc(C(=O)Nc2cccc(S(=O)(=O)N3CCCCC3)c2)cc1S(=O)(=O)NC(C)C. The molecule has 0 radical (unpaired) electrons. The molecule has 0 bridgehead atoms. The van der Waals surface area contributed by atoms with Crippen molar-refractivity contribution < 1.29 is 26.4 Å². The molecule has 3 rings (SSSR count). The second-order valence-corrected chi connectivity index (χ2v) is 11.7. The minimum Gasteiger partial charge on any atom is -0.495 e. The number of methoxy groups -OCH3 is 1. The molecule has 1 fully saturated rings. The number of anilines is 1. The summed E-state index contributed by atoms with van der Waals surface area (Å²) in [6.07, 6.45) is 2.66. The van der Waals surface area contributed by atoms with Gasteiger partial charge in [-0.1, -0.05) is 12.5 Å². The highest BCUT2D eigenvalue weighted by Crippen LogP contribution is 2.27. The number of hydrogen-bond donors (Lipinski definition) is 2. The predicted molar refractivity (Wildman–Crippen MR) is 125 cm³/mol. The third kappa shape index (κ3) is 5.91. The minimum atomic E-state index is -3.91. The van der Waals surface area contributed by atoms with Gasteiger partial charge in [-0.05, 0) is 63.1 Å². The molecule has 11 heteroatoms. The molecule has 0 spiro atoms. The Morgan fingerprint density at radius 1 is 1.00 bits per heavy atom. The van der Waals surface area contributed by atoms with Crippen LogP contribution in [0, 0.1) is 0 Å². The highest BCUT2D eigenvalue weighted by atomic mass is 32.2. The van der Waals surface area contributed by atoms with Crippen LogP contribution in [-0.2, 0) is 20.0 Å². The number of hydrogen-bond acceptors (Lipinski definition) is 6. The Kier molecular flexibility index (Phi) is 7.78. The fourth-order valence-electron chi connectivity index (χ4n) is 3.59. The van der Waals surface area contributed by atoms with Gasteiger partial charge in [0.25, 0.3) is 5.91 Å². The van der Waals surface area contributed by atoms with E-state index in [0.29, 0.717) is 18.8 Å². The van der Waals surface area contributed by atoms with Gasteiger partial charge in [0.15, 0.2) is 0 Å². The van der Waals surface area contributed by atoms with E-state index < -0.39 is 26.0 Å². The van der Waals surface area contributed by atoms with Crippen LogP contribution >= 0.6 is 0 Å². The van der Waals surface area contributed by atoms with E-state index in [-0.39, 0.29) is 27.1 Å². The summed E-state index contributed by atoms with van der Waals surface area (Å²) in [6.45, 7) is 4.33. The summed E-state index contributed by atoms with van der Waals surface area (Å²) in [4.78, 5) is 12.8. The third-order valence-corrected chi connectivity index (χ3v) is 8.73. The Balaban J connectivity index is 1.86. The number of nitrogens with zero attached hydrogens (tertiary/aromatic N) is 1. The van der Waals surface area contributed by atoms with Crippen molar-refractivity contribution in [2.75, 3.05) is 25.5 Å². The van der Waals surface area contributed by atoms with Crippen LogP contribution in [0.2, 0.25) is 0 Å². The highest BCUT2D eigenvalue weighted by Gasteiger charge is 2.26. The molecule has 33 heavy (non-hydrogen) atoms. The minimum absolute atomic E-state index is 0.0872. The number of carbonyl (C=O) groups excluding carboxylic acids is 1. The van der Waals surface area contributed by atoms with Crippen LogP contribution in [0.25, 0.3) is 0 Å². The number of carbonyl (C=O) groups is 1. The molecule has 1 amide bonds. The summed E-state index contributed by atoms with van der Waals surface area (Å²) in [5.74, 6) is -0.472. The Hall–Kier alpha value is -2.47. The standard InChI is InChI=1S/C22H29N3O6S2/c1-16(2)24-32(27,28)21-14-17(10-11-20(21)31-3)22(26)23-18-8-7-9-19(15-18)33(29,30)25-12-5-4-6-13-25/h7-11,14-16,24H,4-6,12-13H2,1-3H3,(H,23,26). The van der Waals surface area contributed by atoms with Gasteiger partial charge in [0.2, 0.25) is 20.0 Å². The molecule has 1 aliphatic rings. The molecule has 1 saturated heterocycles. The maximum absolute atomic E-state index is 12.9. The van der Waals surface area contributed by atoms with E-state index >= 15 is 0 Å². The number of nitrogens with one attached hydrogen (secondary N) is 2. The Labute approximate surface area is 195 Å². The molecular weight excluding hydrogens is 466 g/mol. The number of sulfonamides is 2. The first-order valence-electron chi connectivity index (χ1n) is 10.7. The zero-order valence-electron chi connectivity index (χ0n) is 18.9. The van der Waals surface area contributed by atoms with Gasteiger partial charge in [-0.3, -0.25) is 4.79 Å². The van der Waals surface area contributed by atoms with E-state index in [1.54, 1.807) is 26.0 Å². The fraction of sp³-hybridized carbons (Fsp3) is 0.409. The van der Waals surface area contributed by atoms with Gasteiger partial charge < -0.3 is 10.1 Å². The summed E-state index contributed by atoms with van der Waals surface area (Å²) in [6, 6.07) is 9.77. The summed E-state index contributed by atoms with van der Waals surface area (Å²) < 4.78 is 60.3. The molecule has 9 nitrogen and oxygen atoms in total. The van der Waals surface area contributed by atoms with E-state index in [1.807, 2.05) is 0 Å². The summed E-state index contributed by atoms with van der Waals surface area (Å²) in [7, 11) is -6.22. The van der Waals surface area contributed by atoms with E-state index in [4.69, 9.17) is 4.74 Å². The normalized spacial score (nSPS) is 15.4. The number of ether oxygens (including phenoxy) is 1. The smallest absolute Gasteiger partial charge is 0.255 e. The molecule has 2 aromatic rings. The van der Waals surface area contributed by atoms with Crippen molar-refractivity contribution in [1.29, 1.82) is 0 Å². The molecule has 0 aliphatic carbocycles. The number of piperidine rings is 1. The van der Waals surface area contributed by atoms with Crippen molar-refractivity contribution in [3.8, 4) is 5.75 Å². The van der Waals surface area contributed by atoms with E-state index in [0.717, 1.165) is 19.3 Å². The second-order valence-electron chi connectivity index (χ2n) is 8.09. The van der Waals surface area contributed by atoms with Crippen LogP contribution in [0.1, 0.15) is 43.5 Å². The van der Waals surface area contributed by atoms with Gasteiger partial charge in [-0.2, -0.15) is 4.31 Å². The topological polar surface area (TPSA) is 122 Å². The van der Waals surface area contributed by atoms with Crippen molar-refractivity contribution in [3.05, 3.63) is 48.0 Å². The Morgan fingerprint density at radius 3 is 2.33 bits per heavy atom. The molecular formula is C22H29N3O6S2. The molecule has 0 atom stereocenters. The quantitative estimate of drug-likeness (QED) is 0.581. The highest BCUT2D eigenvalue weighted by molar-refractivity contribution is 7.89. The average Bonchev–Trinajstić information content (AvgIpc) is 2.78. The molecule has 0 aromatic heterocycles. The lowest BCUT2D eigenvalue weighted by Gasteiger charge is -2.26. The molecule has 1 heterocycles. The maximum Gasteiger partial charge on any atom is 0.255 e. The predicted octanol–water partition coefficient (Wildman–Crippen LogP) is 2.81. The van der Waals surface area contributed by atoms with Gasteiger partial charge in [0, 0.05) is 30.4 Å². The lowest BCUT2D eigenvalue weighted by molar-refractivity contribution is 0.102. The summed E-state index contributed by atoms with van der Waals surface area (Å²) in [5.41, 5.74) is 0.378. The van der Waals surface area contributed by atoms with Crippen LogP contribution in [0.4, 0.5) is 5.69 Å². The van der Waals surface area contributed by atoms with Crippen LogP contribution in [0.5, 0.6) is 5.75 Å². The molecule has 180 valence electrons. The van der Waals surface area contributed by atoms with E-state index in [9.17, 15) is 21.6 Å². The fourth-order valence-corrected chi connectivity index (χ4v) is 6.60. The van der Waals surface area contributed by atoms with Gasteiger partial charge in [-0.15, -0.1) is 0 Å². The van der Waals surface area contributed by atoms with Gasteiger partial charge in [-0.25, -0.2) is 21.6 Å². The Morgan fingerprint density at radius 2 is 1.70 bits per heavy atom. The van der Waals surface area contributed by atoms with Crippen LogP contribution in [0.3, 0.4) is 0 Å². The van der Waals surface area contributed by atoms with Crippen LogP contribution in [0.15, 0.2) is 52.3 Å². The first-order chi connectivity index (χ1) is 15.5. The summed E-state index contributed by atoms with van der Waals surface area (Å²) >= 11 is 0. The molecule has 2 N–H and O–H groups in total. The van der Waals surface area contributed by atoms with E-state index in [2.05, 4.69) is 10.0 Å². The second kappa shape index (κ2) is 10.2. The van der Waals surface area contributed by atoms with Crippen LogP contribution < -0.4 is 14.8 Å². The van der Waals surface area contributed by atoms with Crippen molar-refractivity contribution in [2.24, 2.45) is 0 Å². The molecule has 0 saturated carbocycles. The van der Waals surface area contributed by atoms with E-state index in [1.165, 1.54) is 41.7 Å². The van der Waals surface area contributed by atoms with Gasteiger partial charge in [0.05, 0.1) is 12.0 Å². The summed E-state index contributed by atoms with van der Waals surface area (Å²) in [5, 5.41) is 2.65. The average molecular weight is 496 g/mol. The first-order valence-corrected chi connectivity index (χ1v) is 13.6. The number of rotatable bonds is 8. The first kappa shape index (κ1) is 25.2. The van der Waals surface area contributed by atoms with Gasteiger partial charge in [0.1, 0.15) is 10.6 Å². The van der Waals surface area contributed by atoms with Crippen molar-refractivity contribution >= 4 is 31.6 Å². The third-order valence-electron chi connectivity index (χ3n) is 5.15. The molecule has 1 aliphatic heterocycles. The molecule has 0 unspecified atom stereocenters. The largest absolute Gasteiger partial charge is 0.495 e. The monoisotopic (exact) mass is 495 g/mol. The Bertz CT molecular complexity index is 1220. The lowest BCUT2D eigenvalue weighted by Crippen LogP contribution is -2.35. The zero-order chi connectivity index (χ0) is 24.2.